The second kappa shape index (κ2) is 11.1. The van der Waals surface area contributed by atoms with E-state index < -0.39 is 17.8 Å². The monoisotopic (exact) mass is 485 g/mol. The van der Waals surface area contributed by atoms with Crippen LogP contribution >= 0.6 is 11.6 Å². The summed E-state index contributed by atoms with van der Waals surface area (Å²) in [5, 5.41) is 8.49. The Morgan fingerprint density at radius 3 is 2.37 bits per heavy atom. The molecule has 0 unspecified atom stereocenters. The highest BCUT2D eigenvalue weighted by atomic mass is 35.5. The molecule has 7 nitrogen and oxygen atoms in total. The predicted molar refractivity (Wildman–Crippen MR) is 135 cm³/mol. The number of ether oxygens (including phenoxy) is 1. The third-order valence-electron chi connectivity index (χ3n) is 5.05. The molecule has 4 aromatic rings. The summed E-state index contributed by atoms with van der Waals surface area (Å²) in [5.41, 5.74) is 3.57. The van der Waals surface area contributed by atoms with Crippen LogP contribution in [0.1, 0.15) is 26.3 Å². The summed E-state index contributed by atoms with van der Waals surface area (Å²) in [5.74, 6) is -1.23. The van der Waals surface area contributed by atoms with Gasteiger partial charge in [-0.1, -0.05) is 72.3 Å². The fourth-order valence-corrected chi connectivity index (χ4v) is 3.56. The fraction of sp³-hybridized carbons (Fsp3) is 0.0370. The zero-order valence-corrected chi connectivity index (χ0v) is 19.2. The summed E-state index contributed by atoms with van der Waals surface area (Å²) in [6.07, 6.45) is 1.41. The minimum atomic E-state index is -0.537. The summed E-state index contributed by atoms with van der Waals surface area (Å²) >= 11 is 6.00. The Hall–Kier alpha value is -4.49. The van der Waals surface area contributed by atoms with Crippen molar-refractivity contribution in [2.24, 2.45) is 5.10 Å². The molecule has 0 saturated heterocycles. The molecule has 0 aliphatic heterocycles. The van der Waals surface area contributed by atoms with E-state index in [2.05, 4.69) is 15.8 Å². The number of hydrogen-bond acceptors (Lipinski definition) is 5. The Bertz CT molecular complexity index is 1420. The Kier molecular flexibility index (Phi) is 7.50. The van der Waals surface area contributed by atoms with E-state index in [1.807, 2.05) is 36.4 Å². The summed E-state index contributed by atoms with van der Waals surface area (Å²) in [6.45, 7) is -0.299. The van der Waals surface area contributed by atoms with Crippen LogP contribution in [-0.4, -0.2) is 30.5 Å². The number of fused-ring (bicyclic) bond motifs is 1. The number of hydrazone groups is 1. The Morgan fingerprint density at radius 2 is 1.57 bits per heavy atom. The van der Waals surface area contributed by atoms with E-state index in [9.17, 15) is 14.4 Å². The molecule has 174 valence electrons. The van der Waals surface area contributed by atoms with Crippen LogP contribution < -0.4 is 15.5 Å². The van der Waals surface area contributed by atoms with Crippen molar-refractivity contribution in [3.63, 3.8) is 0 Å². The lowest BCUT2D eigenvalue weighted by atomic mass is 10.0. The molecule has 0 fully saturated rings. The van der Waals surface area contributed by atoms with Gasteiger partial charge in [0.05, 0.1) is 28.9 Å². The molecule has 0 aromatic heterocycles. The number of halogens is 1. The van der Waals surface area contributed by atoms with Gasteiger partial charge in [-0.3, -0.25) is 9.59 Å². The summed E-state index contributed by atoms with van der Waals surface area (Å²) in [7, 11) is 0. The van der Waals surface area contributed by atoms with E-state index >= 15 is 0 Å². The number of benzene rings is 4. The Balaban J connectivity index is 1.47. The smallest absolute Gasteiger partial charge is 0.343 e. The van der Waals surface area contributed by atoms with Crippen molar-refractivity contribution >= 4 is 46.4 Å². The van der Waals surface area contributed by atoms with Gasteiger partial charge in [-0.2, -0.15) is 5.10 Å². The minimum absolute atomic E-state index is 0.270. The van der Waals surface area contributed by atoms with Crippen LogP contribution in [0.25, 0.3) is 10.8 Å². The molecule has 2 amide bonds. The molecule has 0 bridgehead atoms. The van der Waals surface area contributed by atoms with Gasteiger partial charge in [0.15, 0.2) is 0 Å². The van der Waals surface area contributed by atoms with E-state index in [0.717, 1.165) is 10.8 Å². The van der Waals surface area contributed by atoms with Gasteiger partial charge in [0.25, 0.3) is 11.8 Å². The molecule has 0 heterocycles. The highest BCUT2D eigenvalue weighted by Gasteiger charge is 2.14. The van der Waals surface area contributed by atoms with Gasteiger partial charge in [0.2, 0.25) is 0 Å². The number of carbonyl (C=O) groups is 3. The van der Waals surface area contributed by atoms with Gasteiger partial charge in [0, 0.05) is 5.56 Å². The second-order valence-corrected chi connectivity index (χ2v) is 7.82. The number of rotatable bonds is 7. The van der Waals surface area contributed by atoms with Crippen molar-refractivity contribution < 1.29 is 19.1 Å². The van der Waals surface area contributed by atoms with E-state index in [0.29, 0.717) is 16.9 Å². The Labute approximate surface area is 206 Å². The first kappa shape index (κ1) is 23.7. The number of amides is 2. The van der Waals surface area contributed by atoms with Gasteiger partial charge < -0.3 is 10.1 Å². The van der Waals surface area contributed by atoms with Crippen molar-refractivity contribution in [1.82, 2.24) is 10.7 Å². The van der Waals surface area contributed by atoms with Gasteiger partial charge in [-0.05, 0) is 41.1 Å². The molecule has 8 heteroatoms. The van der Waals surface area contributed by atoms with Crippen molar-refractivity contribution in [3.8, 4) is 5.75 Å². The number of hydrogen-bond donors (Lipinski definition) is 2. The first-order valence-corrected chi connectivity index (χ1v) is 11.0. The van der Waals surface area contributed by atoms with Crippen LogP contribution in [0.4, 0.5) is 0 Å². The normalized spacial score (nSPS) is 10.8. The average molecular weight is 486 g/mol. The zero-order valence-electron chi connectivity index (χ0n) is 18.4. The standard InChI is InChI=1S/C27H20ClN3O4/c28-23-13-7-6-12-21(23)26(33)29-17-25(32)31-30-16-22-20-11-5-4-8-18(20)14-15-24(22)35-27(34)19-9-2-1-3-10-19/h1-16H,17H2,(H,29,33)(H,31,32)/b30-16+. The summed E-state index contributed by atoms with van der Waals surface area (Å²) in [6, 6.07) is 26.2. The van der Waals surface area contributed by atoms with Gasteiger partial charge >= 0.3 is 5.97 Å². The Morgan fingerprint density at radius 1 is 0.857 bits per heavy atom. The van der Waals surface area contributed by atoms with Crippen molar-refractivity contribution in [1.29, 1.82) is 0 Å². The average Bonchev–Trinajstić information content (AvgIpc) is 2.89. The highest BCUT2D eigenvalue weighted by molar-refractivity contribution is 6.33. The molecule has 0 spiro atoms. The molecule has 0 aliphatic rings. The molecule has 4 aromatic carbocycles. The van der Waals surface area contributed by atoms with E-state index in [1.165, 1.54) is 6.21 Å². The van der Waals surface area contributed by atoms with Gasteiger partial charge in [0.1, 0.15) is 5.75 Å². The number of nitrogens with one attached hydrogen (secondary N) is 2. The van der Waals surface area contributed by atoms with Crippen molar-refractivity contribution in [2.75, 3.05) is 6.54 Å². The van der Waals surface area contributed by atoms with E-state index in [-0.39, 0.29) is 17.1 Å². The molecule has 35 heavy (non-hydrogen) atoms. The van der Waals surface area contributed by atoms with Crippen molar-refractivity contribution in [2.45, 2.75) is 0 Å². The third-order valence-corrected chi connectivity index (χ3v) is 5.38. The molecular formula is C27H20ClN3O4. The number of nitrogens with zero attached hydrogens (tertiary/aromatic N) is 1. The third kappa shape index (κ3) is 5.90. The minimum Gasteiger partial charge on any atom is -0.422 e. The van der Waals surface area contributed by atoms with Crippen molar-refractivity contribution in [3.05, 3.63) is 113 Å². The number of carbonyl (C=O) groups excluding carboxylic acids is 3. The lowest BCUT2D eigenvalue weighted by Gasteiger charge is -2.10. The second-order valence-electron chi connectivity index (χ2n) is 7.41. The topological polar surface area (TPSA) is 96.9 Å². The van der Waals surface area contributed by atoms with Crippen LogP contribution in [-0.2, 0) is 4.79 Å². The molecular weight excluding hydrogens is 466 g/mol. The van der Waals surface area contributed by atoms with E-state index in [1.54, 1.807) is 54.6 Å². The maximum atomic E-state index is 12.6. The predicted octanol–water partition coefficient (Wildman–Crippen LogP) is 4.59. The first-order valence-electron chi connectivity index (χ1n) is 10.7. The van der Waals surface area contributed by atoms with Crippen LogP contribution in [0.15, 0.2) is 96.1 Å². The summed E-state index contributed by atoms with van der Waals surface area (Å²) in [4.78, 5) is 37.0. The SMILES string of the molecule is O=C(CNC(=O)c1ccccc1Cl)N/N=C/c1c(OC(=O)c2ccccc2)ccc2ccccc12. The van der Waals surface area contributed by atoms with Gasteiger partial charge in [-0.25, -0.2) is 10.2 Å². The lowest BCUT2D eigenvalue weighted by molar-refractivity contribution is -0.120. The van der Waals surface area contributed by atoms with Crippen LogP contribution in [0.5, 0.6) is 5.75 Å². The molecule has 4 rings (SSSR count). The largest absolute Gasteiger partial charge is 0.422 e. The number of esters is 1. The first-order chi connectivity index (χ1) is 17.0. The zero-order chi connectivity index (χ0) is 24.6. The molecule has 0 atom stereocenters. The van der Waals surface area contributed by atoms with Crippen LogP contribution in [0.2, 0.25) is 5.02 Å². The van der Waals surface area contributed by atoms with Crippen LogP contribution in [0, 0.1) is 0 Å². The highest BCUT2D eigenvalue weighted by Crippen LogP contribution is 2.27. The van der Waals surface area contributed by atoms with Gasteiger partial charge in [-0.15, -0.1) is 0 Å². The lowest BCUT2D eigenvalue weighted by Crippen LogP contribution is -2.35. The van der Waals surface area contributed by atoms with E-state index in [4.69, 9.17) is 16.3 Å². The summed E-state index contributed by atoms with van der Waals surface area (Å²) < 4.78 is 5.62. The van der Waals surface area contributed by atoms with Crippen LogP contribution in [0.3, 0.4) is 0 Å². The molecule has 0 radical (unpaired) electrons. The molecule has 0 saturated carbocycles. The quantitative estimate of drug-likeness (QED) is 0.173. The fourth-order valence-electron chi connectivity index (χ4n) is 3.34. The maximum Gasteiger partial charge on any atom is 0.343 e. The molecule has 0 aliphatic carbocycles. The molecule has 2 N–H and O–H groups in total. The maximum absolute atomic E-state index is 12.6.